The molecule has 4 aromatic rings. The molecule has 0 radical (unpaired) electrons. The van der Waals surface area contributed by atoms with Crippen LogP contribution in [0.3, 0.4) is 0 Å². The van der Waals surface area contributed by atoms with Crippen LogP contribution in [0.15, 0.2) is 77.2 Å². The molecule has 0 saturated carbocycles. The maximum atomic E-state index is 13.5. The minimum absolute atomic E-state index is 0.0832. The molecule has 202 valence electrons. The summed E-state index contributed by atoms with van der Waals surface area (Å²) in [4.78, 5) is 34.1. The van der Waals surface area contributed by atoms with Gasteiger partial charge >= 0.3 is 12.1 Å². The molecule has 10 heteroatoms. The van der Waals surface area contributed by atoms with Crippen molar-refractivity contribution in [2.75, 3.05) is 26.7 Å². The summed E-state index contributed by atoms with van der Waals surface area (Å²) in [6.45, 7) is 3.25. The van der Waals surface area contributed by atoms with E-state index in [1.165, 1.54) is 13.2 Å². The van der Waals surface area contributed by atoms with Gasteiger partial charge in [0.2, 0.25) is 5.89 Å². The van der Waals surface area contributed by atoms with E-state index in [0.29, 0.717) is 30.8 Å². The standard InChI is InChI=1S/C29H26F3N3O4/c1-18-17-34(25(28(37)38-2)19-7-4-3-5-8-19)13-14-35(18)27(36)21-10-6-9-20(15-21)26-33-23-16-22(29(30,31)32)11-12-24(23)39-26/h3-12,15-16,18,25H,13-14,17H2,1-2H3/t18-,25-/m1/s1. The molecule has 1 amide bonds. The monoisotopic (exact) mass is 537 g/mol. The lowest BCUT2D eigenvalue weighted by atomic mass is 10.0. The number of nitrogens with zero attached hydrogens (tertiary/aromatic N) is 3. The molecule has 3 aromatic carbocycles. The van der Waals surface area contributed by atoms with E-state index in [2.05, 4.69) is 4.98 Å². The summed E-state index contributed by atoms with van der Waals surface area (Å²) < 4.78 is 50.0. The third-order valence-corrected chi connectivity index (χ3v) is 6.90. The Balaban J connectivity index is 1.34. The number of benzene rings is 3. The molecule has 1 fully saturated rings. The summed E-state index contributed by atoms with van der Waals surface area (Å²) in [5.41, 5.74) is 1.20. The number of esters is 1. The molecule has 7 nitrogen and oxygen atoms in total. The molecule has 39 heavy (non-hydrogen) atoms. The number of rotatable bonds is 5. The predicted octanol–water partition coefficient (Wildman–Crippen LogP) is 5.57. The number of carbonyl (C=O) groups excluding carboxylic acids is 2. The van der Waals surface area contributed by atoms with Crippen molar-refractivity contribution >= 4 is 23.0 Å². The first-order valence-electron chi connectivity index (χ1n) is 12.4. The van der Waals surface area contributed by atoms with Gasteiger partial charge in [-0.15, -0.1) is 0 Å². The SMILES string of the molecule is COC(=O)[C@@H](c1ccccc1)N1CCN(C(=O)c2cccc(-c3nc4cc(C(F)(F)F)ccc4o3)c2)[C@H](C)C1. The largest absolute Gasteiger partial charge is 0.468 e. The fourth-order valence-electron chi connectivity index (χ4n) is 4.94. The van der Waals surface area contributed by atoms with Gasteiger partial charge in [0.25, 0.3) is 5.91 Å². The minimum Gasteiger partial charge on any atom is -0.468 e. The number of fused-ring (bicyclic) bond motifs is 1. The van der Waals surface area contributed by atoms with E-state index in [4.69, 9.17) is 9.15 Å². The lowest BCUT2D eigenvalue weighted by molar-refractivity contribution is -0.148. The van der Waals surface area contributed by atoms with Crippen LogP contribution < -0.4 is 0 Å². The Kier molecular flexibility index (Phi) is 7.14. The third kappa shape index (κ3) is 5.37. The molecule has 1 aliphatic rings. The van der Waals surface area contributed by atoms with Crippen LogP contribution in [-0.4, -0.2) is 59.4 Å². The van der Waals surface area contributed by atoms with Crippen LogP contribution in [0.25, 0.3) is 22.6 Å². The molecule has 1 aliphatic heterocycles. The second-order valence-electron chi connectivity index (χ2n) is 9.46. The number of hydrogen-bond donors (Lipinski definition) is 0. The van der Waals surface area contributed by atoms with Gasteiger partial charge in [-0.25, -0.2) is 9.78 Å². The van der Waals surface area contributed by atoms with Crippen molar-refractivity contribution in [3.63, 3.8) is 0 Å². The van der Waals surface area contributed by atoms with Gasteiger partial charge in [0, 0.05) is 36.8 Å². The van der Waals surface area contributed by atoms with Gasteiger partial charge in [-0.1, -0.05) is 36.4 Å². The highest BCUT2D eigenvalue weighted by Gasteiger charge is 2.36. The van der Waals surface area contributed by atoms with Crippen LogP contribution >= 0.6 is 0 Å². The first-order chi connectivity index (χ1) is 18.7. The summed E-state index contributed by atoms with van der Waals surface area (Å²) in [6.07, 6.45) is -4.49. The molecule has 1 aromatic heterocycles. The Bertz CT molecular complexity index is 1500. The smallest absolute Gasteiger partial charge is 0.416 e. The number of aromatic nitrogens is 1. The first kappa shape index (κ1) is 26.4. The Morgan fingerprint density at radius 3 is 2.49 bits per heavy atom. The highest BCUT2D eigenvalue weighted by Crippen LogP contribution is 2.33. The van der Waals surface area contributed by atoms with Gasteiger partial charge in [-0.05, 0) is 48.9 Å². The van der Waals surface area contributed by atoms with E-state index in [0.717, 1.165) is 17.7 Å². The second kappa shape index (κ2) is 10.5. The molecule has 0 unspecified atom stereocenters. The predicted molar refractivity (Wildman–Crippen MR) is 138 cm³/mol. The summed E-state index contributed by atoms with van der Waals surface area (Å²) in [5.74, 6) is -0.434. The summed E-state index contributed by atoms with van der Waals surface area (Å²) in [7, 11) is 1.36. The Morgan fingerprint density at radius 2 is 1.79 bits per heavy atom. The van der Waals surface area contributed by atoms with Crippen molar-refractivity contribution < 1.29 is 31.9 Å². The van der Waals surface area contributed by atoms with Gasteiger partial charge < -0.3 is 14.1 Å². The Morgan fingerprint density at radius 1 is 1.03 bits per heavy atom. The number of hydrogen-bond acceptors (Lipinski definition) is 6. The summed E-state index contributed by atoms with van der Waals surface area (Å²) in [6, 6.07) is 18.4. The van der Waals surface area contributed by atoms with Crippen LogP contribution in [-0.2, 0) is 15.7 Å². The molecular weight excluding hydrogens is 511 g/mol. The number of methoxy groups -OCH3 is 1. The highest BCUT2D eigenvalue weighted by molar-refractivity contribution is 5.95. The van der Waals surface area contributed by atoms with Crippen LogP contribution in [0, 0.1) is 0 Å². The second-order valence-corrected chi connectivity index (χ2v) is 9.46. The molecular formula is C29H26F3N3O4. The molecule has 1 saturated heterocycles. The lowest BCUT2D eigenvalue weighted by Crippen LogP contribution is -2.55. The van der Waals surface area contributed by atoms with Crippen molar-refractivity contribution in [1.29, 1.82) is 0 Å². The van der Waals surface area contributed by atoms with Crippen molar-refractivity contribution in [2.45, 2.75) is 25.2 Å². The molecule has 0 N–H and O–H groups in total. The average Bonchev–Trinajstić information content (AvgIpc) is 3.37. The topological polar surface area (TPSA) is 75.9 Å². The zero-order valence-corrected chi connectivity index (χ0v) is 21.3. The van der Waals surface area contributed by atoms with Crippen LogP contribution in [0.2, 0.25) is 0 Å². The normalized spacial score (nSPS) is 17.3. The number of carbonyl (C=O) groups is 2. The van der Waals surface area contributed by atoms with Crippen LogP contribution in [0.4, 0.5) is 13.2 Å². The van der Waals surface area contributed by atoms with Crippen LogP contribution in [0.5, 0.6) is 0 Å². The molecule has 2 heterocycles. The van der Waals surface area contributed by atoms with Crippen molar-refractivity contribution in [3.05, 3.63) is 89.5 Å². The van der Waals surface area contributed by atoms with Crippen molar-refractivity contribution in [1.82, 2.24) is 14.8 Å². The number of oxazole rings is 1. The minimum atomic E-state index is -4.49. The number of halogens is 3. The fourth-order valence-corrected chi connectivity index (χ4v) is 4.94. The molecule has 0 bridgehead atoms. The fraction of sp³-hybridized carbons (Fsp3) is 0.276. The van der Waals surface area contributed by atoms with Crippen molar-refractivity contribution in [3.8, 4) is 11.5 Å². The van der Waals surface area contributed by atoms with Crippen LogP contribution in [0.1, 0.15) is 34.5 Å². The maximum Gasteiger partial charge on any atom is 0.416 e. The van der Waals surface area contributed by atoms with Gasteiger partial charge in [0.1, 0.15) is 11.6 Å². The molecule has 5 rings (SSSR count). The summed E-state index contributed by atoms with van der Waals surface area (Å²) in [5, 5.41) is 0. The Labute approximate surface area is 222 Å². The number of alkyl halides is 3. The van der Waals surface area contributed by atoms with E-state index in [-0.39, 0.29) is 34.9 Å². The number of piperazine rings is 1. The first-order valence-corrected chi connectivity index (χ1v) is 12.4. The zero-order chi connectivity index (χ0) is 27.7. The molecule has 0 aliphatic carbocycles. The quantitative estimate of drug-likeness (QED) is 0.310. The van der Waals surface area contributed by atoms with E-state index in [1.54, 1.807) is 29.2 Å². The van der Waals surface area contributed by atoms with E-state index >= 15 is 0 Å². The zero-order valence-electron chi connectivity index (χ0n) is 21.3. The summed E-state index contributed by atoms with van der Waals surface area (Å²) >= 11 is 0. The lowest BCUT2D eigenvalue weighted by Gasteiger charge is -2.42. The average molecular weight is 538 g/mol. The van der Waals surface area contributed by atoms with E-state index in [1.807, 2.05) is 42.2 Å². The number of ether oxygens (including phenoxy) is 1. The highest BCUT2D eigenvalue weighted by atomic mass is 19.4. The number of amides is 1. The van der Waals surface area contributed by atoms with Gasteiger partial charge in [-0.2, -0.15) is 13.2 Å². The molecule has 2 atom stereocenters. The maximum absolute atomic E-state index is 13.5. The van der Waals surface area contributed by atoms with Gasteiger partial charge in [0.05, 0.1) is 12.7 Å². The van der Waals surface area contributed by atoms with Gasteiger partial charge in [0.15, 0.2) is 5.58 Å². The van der Waals surface area contributed by atoms with E-state index < -0.39 is 17.8 Å². The molecule has 0 spiro atoms. The van der Waals surface area contributed by atoms with E-state index in [9.17, 15) is 22.8 Å². The van der Waals surface area contributed by atoms with Gasteiger partial charge in [-0.3, -0.25) is 9.69 Å². The van der Waals surface area contributed by atoms with Crippen molar-refractivity contribution in [2.24, 2.45) is 0 Å². The Hall–Kier alpha value is -4.18. The third-order valence-electron chi connectivity index (χ3n) is 6.90.